The summed E-state index contributed by atoms with van der Waals surface area (Å²) in [5.74, 6) is -0.707. The molecule has 2 aliphatic rings. The predicted molar refractivity (Wildman–Crippen MR) is 134 cm³/mol. The number of hydrogen-bond acceptors (Lipinski definition) is 6. The highest BCUT2D eigenvalue weighted by Gasteiger charge is 2.46. The molecule has 2 aromatic rings. The van der Waals surface area contributed by atoms with Crippen molar-refractivity contribution in [2.75, 3.05) is 13.7 Å². The number of nitrogens with zero attached hydrogens (tertiary/aromatic N) is 2. The number of esters is 1. The first-order valence-corrected chi connectivity index (χ1v) is 12.7. The van der Waals surface area contributed by atoms with Gasteiger partial charge >= 0.3 is 12.1 Å². The standard InChI is InChI=1S/C27H32N2O5S/c1-27(2,3)34-26(32)29-17-21(35-20-12-6-5-7-13-20)15-22(29)24(30)28-16-19-11-9-8-10-18(19)14-23(28)25(31)33-4/h5-13,21-23H,14-17H2,1-4H3/t21-,22-,23-/m1/s1. The van der Waals surface area contributed by atoms with Crippen LogP contribution in [0.2, 0.25) is 0 Å². The highest BCUT2D eigenvalue weighted by atomic mass is 32.2. The molecule has 4 rings (SSSR count). The zero-order valence-electron chi connectivity index (χ0n) is 20.6. The second kappa shape index (κ2) is 10.3. The van der Waals surface area contributed by atoms with Crippen LogP contribution in [0.4, 0.5) is 4.79 Å². The molecular formula is C27H32N2O5S. The summed E-state index contributed by atoms with van der Waals surface area (Å²) in [6.45, 7) is 6.11. The molecule has 0 bridgehead atoms. The molecule has 0 N–H and O–H groups in total. The van der Waals surface area contributed by atoms with Crippen molar-refractivity contribution < 1.29 is 23.9 Å². The van der Waals surface area contributed by atoms with E-state index in [9.17, 15) is 14.4 Å². The Morgan fingerprint density at radius 3 is 2.23 bits per heavy atom. The third-order valence-electron chi connectivity index (χ3n) is 6.23. The van der Waals surface area contributed by atoms with E-state index in [1.807, 2.05) is 75.4 Å². The summed E-state index contributed by atoms with van der Waals surface area (Å²) in [4.78, 5) is 44.0. The van der Waals surface area contributed by atoms with Gasteiger partial charge in [-0.15, -0.1) is 11.8 Å². The number of hydrogen-bond donors (Lipinski definition) is 0. The molecule has 2 amide bonds. The van der Waals surface area contributed by atoms with Crippen LogP contribution in [0.5, 0.6) is 0 Å². The van der Waals surface area contributed by atoms with E-state index in [2.05, 4.69) is 0 Å². The Morgan fingerprint density at radius 1 is 0.914 bits per heavy atom. The minimum atomic E-state index is -0.733. The lowest BCUT2D eigenvalue weighted by atomic mass is 9.93. The summed E-state index contributed by atoms with van der Waals surface area (Å²) >= 11 is 1.65. The van der Waals surface area contributed by atoms with Crippen molar-refractivity contribution in [3.8, 4) is 0 Å². The number of amides is 2. The lowest BCUT2D eigenvalue weighted by Gasteiger charge is -2.38. The highest BCUT2D eigenvalue weighted by Crippen LogP contribution is 2.36. The molecule has 8 heteroatoms. The maximum atomic E-state index is 14.0. The Kier molecular flexibility index (Phi) is 7.40. The van der Waals surface area contributed by atoms with Crippen molar-refractivity contribution in [3.63, 3.8) is 0 Å². The second-order valence-electron chi connectivity index (χ2n) is 9.92. The molecule has 1 saturated heterocycles. The van der Waals surface area contributed by atoms with Crippen molar-refractivity contribution in [2.45, 2.75) is 68.0 Å². The molecule has 186 valence electrons. The zero-order chi connectivity index (χ0) is 25.2. The van der Waals surface area contributed by atoms with E-state index in [4.69, 9.17) is 9.47 Å². The number of thioether (sulfide) groups is 1. The van der Waals surface area contributed by atoms with Gasteiger partial charge in [0.05, 0.1) is 7.11 Å². The molecule has 0 aromatic heterocycles. The number of carbonyl (C=O) groups is 3. The fourth-order valence-corrected chi connectivity index (χ4v) is 5.84. The van der Waals surface area contributed by atoms with Gasteiger partial charge in [0, 0.05) is 29.7 Å². The lowest BCUT2D eigenvalue weighted by Crippen LogP contribution is -2.55. The molecular weight excluding hydrogens is 464 g/mol. The first-order chi connectivity index (χ1) is 16.7. The third kappa shape index (κ3) is 5.81. The summed E-state index contributed by atoms with van der Waals surface area (Å²) in [5, 5.41) is 0.0209. The van der Waals surface area contributed by atoms with Crippen molar-refractivity contribution in [3.05, 3.63) is 65.7 Å². The lowest BCUT2D eigenvalue weighted by molar-refractivity contribution is -0.155. The van der Waals surface area contributed by atoms with E-state index in [0.29, 0.717) is 25.9 Å². The quantitative estimate of drug-likeness (QED) is 0.588. The van der Waals surface area contributed by atoms with Crippen molar-refractivity contribution in [2.24, 2.45) is 0 Å². The van der Waals surface area contributed by atoms with Gasteiger partial charge < -0.3 is 14.4 Å². The van der Waals surface area contributed by atoms with Gasteiger partial charge in [-0.25, -0.2) is 9.59 Å². The Bertz CT molecular complexity index is 1080. The largest absolute Gasteiger partial charge is 0.467 e. The monoisotopic (exact) mass is 496 g/mol. The summed E-state index contributed by atoms with van der Waals surface area (Å²) in [5.41, 5.74) is 1.34. The van der Waals surface area contributed by atoms with Crippen LogP contribution in [0.1, 0.15) is 38.3 Å². The Balaban J connectivity index is 1.61. The van der Waals surface area contributed by atoms with Crippen LogP contribution in [0.15, 0.2) is 59.5 Å². The molecule has 2 aliphatic heterocycles. The number of carbonyl (C=O) groups excluding carboxylic acids is 3. The van der Waals surface area contributed by atoms with Crippen molar-refractivity contribution >= 4 is 29.7 Å². The summed E-state index contributed by atoms with van der Waals surface area (Å²) < 4.78 is 10.7. The van der Waals surface area contributed by atoms with E-state index in [-0.39, 0.29) is 11.2 Å². The molecule has 0 aliphatic carbocycles. The number of ether oxygens (including phenoxy) is 2. The molecule has 0 saturated carbocycles. The number of likely N-dealkylation sites (tertiary alicyclic amines) is 1. The topological polar surface area (TPSA) is 76.2 Å². The highest BCUT2D eigenvalue weighted by molar-refractivity contribution is 8.00. The Hall–Kier alpha value is -3.00. The number of benzene rings is 2. The van der Waals surface area contributed by atoms with Crippen LogP contribution < -0.4 is 0 Å². The zero-order valence-corrected chi connectivity index (χ0v) is 21.4. The average molecular weight is 497 g/mol. The Labute approximate surface area is 210 Å². The SMILES string of the molecule is COC(=O)[C@H]1Cc2ccccc2CN1C(=O)[C@H]1C[C@@H](Sc2ccccc2)CN1C(=O)OC(C)(C)C. The summed E-state index contributed by atoms with van der Waals surface area (Å²) in [6, 6.07) is 16.3. The minimum absolute atomic E-state index is 0.0209. The van der Waals surface area contributed by atoms with Crippen LogP contribution in [0, 0.1) is 0 Å². The van der Waals surface area contributed by atoms with Gasteiger partial charge in [-0.05, 0) is 50.5 Å². The van der Waals surface area contributed by atoms with Gasteiger partial charge in [-0.3, -0.25) is 9.69 Å². The molecule has 0 spiro atoms. The predicted octanol–water partition coefficient (Wildman–Crippen LogP) is 4.28. The van der Waals surface area contributed by atoms with Gasteiger partial charge in [-0.1, -0.05) is 42.5 Å². The number of rotatable bonds is 4. The number of methoxy groups -OCH3 is 1. The molecule has 2 heterocycles. The van der Waals surface area contributed by atoms with Crippen LogP contribution >= 0.6 is 11.8 Å². The van der Waals surface area contributed by atoms with Gasteiger partial charge in [0.15, 0.2) is 0 Å². The van der Waals surface area contributed by atoms with Gasteiger partial charge in [0.25, 0.3) is 0 Å². The van der Waals surface area contributed by atoms with Crippen molar-refractivity contribution in [1.82, 2.24) is 9.80 Å². The summed E-state index contributed by atoms with van der Waals surface area (Å²) in [7, 11) is 1.33. The van der Waals surface area contributed by atoms with E-state index in [0.717, 1.165) is 16.0 Å². The molecule has 35 heavy (non-hydrogen) atoms. The van der Waals surface area contributed by atoms with E-state index in [1.54, 1.807) is 16.7 Å². The van der Waals surface area contributed by atoms with E-state index in [1.165, 1.54) is 12.0 Å². The molecule has 0 unspecified atom stereocenters. The van der Waals surface area contributed by atoms with Crippen LogP contribution in [-0.2, 0) is 32.0 Å². The van der Waals surface area contributed by atoms with Gasteiger partial charge in [-0.2, -0.15) is 0 Å². The molecule has 1 fully saturated rings. The number of fused-ring (bicyclic) bond motifs is 1. The normalized spacial score (nSPS) is 21.9. The van der Waals surface area contributed by atoms with Gasteiger partial charge in [0.1, 0.15) is 17.7 Å². The first-order valence-electron chi connectivity index (χ1n) is 11.8. The second-order valence-corrected chi connectivity index (χ2v) is 11.3. The Morgan fingerprint density at radius 2 is 1.57 bits per heavy atom. The molecule has 3 atom stereocenters. The van der Waals surface area contributed by atoms with E-state index >= 15 is 0 Å². The molecule has 0 radical (unpaired) electrons. The van der Waals surface area contributed by atoms with Crippen LogP contribution in [-0.4, -0.2) is 64.4 Å². The van der Waals surface area contributed by atoms with Crippen LogP contribution in [0.25, 0.3) is 0 Å². The molecule has 2 aromatic carbocycles. The average Bonchev–Trinajstić information content (AvgIpc) is 3.25. The maximum Gasteiger partial charge on any atom is 0.411 e. The maximum absolute atomic E-state index is 14.0. The van der Waals surface area contributed by atoms with Crippen molar-refractivity contribution in [1.29, 1.82) is 0 Å². The fourth-order valence-electron chi connectivity index (χ4n) is 4.62. The summed E-state index contributed by atoms with van der Waals surface area (Å²) in [6.07, 6.45) is 0.346. The first kappa shape index (κ1) is 25.1. The fraction of sp³-hybridized carbons (Fsp3) is 0.444. The van der Waals surface area contributed by atoms with Gasteiger partial charge in [0.2, 0.25) is 5.91 Å². The third-order valence-corrected chi connectivity index (χ3v) is 7.45. The van der Waals surface area contributed by atoms with Crippen LogP contribution in [0.3, 0.4) is 0 Å². The van der Waals surface area contributed by atoms with E-state index < -0.39 is 29.7 Å². The smallest absolute Gasteiger partial charge is 0.411 e. The molecule has 7 nitrogen and oxygen atoms in total. The minimum Gasteiger partial charge on any atom is -0.467 e.